The van der Waals surface area contributed by atoms with Crippen LogP contribution in [0.4, 0.5) is 10.5 Å². The summed E-state index contributed by atoms with van der Waals surface area (Å²) in [6.45, 7) is 14.9. The normalized spacial score (nSPS) is 11.5. The number of rotatable bonds is 35. The van der Waals surface area contributed by atoms with Crippen LogP contribution in [-0.2, 0) is 69.0 Å². The summed E-state index contributed by atoms with van der Waals surface area (Å²) in [5.41, 5.74) is 6.37. The van der Waals surface area contributed by atoms with Gasteiger partial charge in [0.1, 0.15) is 17.9 Å². The van der Waals surface area contributed by atoms with Crippen LogP contribution in [0.5, 0.6) is 0 Å². The van der Waals surface area contributed by atoms with Gasteiger partial charge in [-0.3, -0.25) is 33.3 Å². The molecular weight excluding hydrogens is 913 g/mol. The molecule has 2 atom stereocenters. The maximum atomic E-state index is 13.4. The number of carbonyl (C=O) groups is 8. The second kappa shape index (κ2) is 40.8. The highest BCUT2D eigenvalue weighted by molar-refractivity contribution is 7.85. The summed E-state index contributed by atoms with van der Waals surface area (Å²) in [5.74, 6) is -4.53. The molecule has 23 nitrogen and oxygen atoms in total. The van der Waals surface area contributed by atoms with Crippen molar-refractivity contribution >= 4 is 63.1 Å². The highest BCUT2D eigenvalue weighted by Crippen LogP contribution is 2.10. The molecule has 0 radical (unpaired) electrons. The standard InChI is InChI=1S/C38H62N6O14S.C4H10N2O.C2H6/c1-5-29-7-9-30(10-8-29)42-35(49)26-41-38(51)36(27(2)3)44-37(50)31(11-13-33(47)40-16-25-59(52,53)54)43-34(48)14-17-55-19-21-57-23-24-58-22-20-56-18-15-39-32(46)12-6-28(4)45;1-2-3-6-4(5)7;1-2/h7-10,27,31,36H,5-6,11-26H2,1-4H3,(H,39,46)(H,40,47)(H,41,51)(H,42,49)(H,43,48)(H,44,50)(H,52,53,54);2-3H2,1H3,(H3,5,6,7);1-2H3. The number of ketones is 1. The summed E-state index contributed by atoms with van der Waals surface area (Å²) >= 11 is 0. The zero-order valence-electron chi connectivity index (χ0n) is 40.8. The Labute approximate surface area is 401 Å². The Balaban J connectivity index is 0. The summed E-state index contributed by atoms with van der Waals surface area (Å²) in [6.07, 6.45) is 1.45. The number of aryl methyl sites for hydroxylation is 1. The van der Waals surface area contributed by atoms with Crippen LogP contribution in [0.15, 0.2) is 24.3 Å². The first-order valence-corrected chi connectivity index (χ1v) is 24.5. The van der Waals surface area contributed by atoms with Crippen molar-refractivity contribution in [1.29, 1.82) is 0 Å². The van der Waals surface area contributed by atoms with Crippen LogP contribution in [0, 0.1) is 5.92 Å². The van der Waals surface area contributed by atoms with Gasteiger partial charge in [-0.25, -0.2) is 4.79 Å². The van der Waals surface area contributed by atoms with Crippen molar-refractivity contribution in [2.45, 2.75) is 105 Å². The Kier molecular flexibility index (Phi) is 38.9. The van der Waals surface area contributed by atoms with Gasteiger partial charge in [-0.2, -0.15) is 8.42 Å². The minimum atomic E-state index is -4.31. The predicted molar refractivity (Wildman–Crippen MR) is 255 cm³/mol. The molecule has 0 bridgehead atoms. The summed E-state index contributed by atoms with van der Waals surface area (Å²) < 4.78 is 52.5. The van der Waals surface area contributed by atoms with E-state index in [-0.39, 0.29) is 83.3 Å². The van der Waals surface area contributed by atoms with Gasteiger partial charge in [-0.1, -0.05) is 53.7 Å². The van der Waals surface area contributed by atoms with Crippen molar-refractivity contribution in [2.24, 2.45) is 11.7 Å². The van der Waals surface area contributed by atoms with Crippen LogP contribution in [0.1, 0.15) is 92.6 Å². The number of nitrogens with one attached hydrogen (secondary N) is 7. The molecule has 0 aromatic heterocycles. The Bertz CT molecular complexity index is 1740. The van der Waals surface area contributed by atoms with Gasteiger partial charge in [-0.05, 0) is 49.8 Å². The van der Waals surface area contributed by atoms with E-state index in [1.54, 1.807) is 26.0 Å². The van der Waals surface area contributed by atoms with Crippen LogP contribution in [0.3, 0.4) is 0 Å². The molecule has 1 rings (SSSR count). The Morgan fingerprint density at radius 2 is 1.18 bits per heavy atom. The number of urea groups is 1. The largest absolute Gasteiger partial charge is 0.379 e. The fraction of sp³-hybridized carbons (Fsp3) is 0.682. The highest BCUT2D eigenvalue weighted by Gasteiger charge is 2.29. The van der Waals surface area contributed by atoms with Crippen LogP contribution in [0.25, 0.3) is 0 Å². The Hall–Kier alpha value is -5.27. The van der Waals surface area contributed by atoms with E-state index in [4.69, 9.17) is 29.2 Å². The molecule has 68 heavy (non-hydrogen) atoms. The first-order chi connectivity index (χ1) is 32.3. The molecule has 1 aromatic carbocycles. The fourth-order valence-corrected chi connectivity index (χ4v) is 5.49. The van der Waals surface area contributed by atoms with E-state index in [2.05, 4.69) is 37.2 Å². The number of benzene rings is 1. The van der Waals surface area contributed by atoms with E-state index in [1.165, 1.54) is 6.92 Å². The number of hydrogen-bond donors (Lipinski definition) is 9. The Morgan fingerprint density at radius 3 is 1.68 bits per heavy atom. The topological polar surface area (TPSA) is 338 Å². The number of anilines is 1. The number of amides is 8. The summed E-state index contributed by atoms with van der Waals surface area (Å²) in [4.78, 5) is 96.5. The third kappa shape index (κ3) is 38.8. The average molecular weight is 991 g/mol. The molecular formula is C44H78N8O15S. The number of hydrogen-bond acceptors (Lipinski definition) is 14. The minimum Gasteiger partial charge on any atom is -0.379 e. The van der Waals surface area contributed by atoms with Gasteiger partial charge < -0.3 is 66.7 Å². The molecule has 0 fully saturated rings. The van der Waals surface area contributed by atoms with E-state index < -0.39 is 69.4 Å². The number of primary amides is 1. The number of nitrogens with two attached hydrogens (primary N) is 1. The van der Waals surface area contributed by atoms with E-state index in [0.717, 1.165) is 18.4 Å². The lowest BCUT2D eigenvalue weighted by Gasteiger charge is -2.25. The van der Waals surface area contributed by atoms with E-state index in [1.807, 2.05) is 39.8 Å². The SMILES string of the molecule is CC.CCCNC(N)=O.CCc1ccc(NC(=O)CNC(=O)C(NC(=O)C(CCC(=O)NCCS(=O)(=O)O)NC(=O)CCOCCOCCOCCOCCNC(=O)CCC(C)=O)C(C)C)cc1. The molecule has 390 valence electrons. The number of carbonyl (C=O) groups excluding carboxylic acids is 8. The zero-order valence-corrected chi connectivity index (χ0v) is 41.6. The maximum absolute atomic E-state index is 13.4. The molecule has 0 spiro atoms. The molecule has 0 saturated heterocycles. The molecule has 0 heterocycles. The fourth-order valence-electron chi connectivity index (χ4n) is 5.13. The third-order valence-electron chi connectivity index (χ3n) is 8.72. The summed E-state index contributed by atoms with van der Waals surface area (Å²) in [7, 11) is -4.31. The van der Waals surface area contributed by atoms with E-state index >= 15 is 0 Å². The highest BCUT2D eigenvalue weighted by atomic mass is 32.2. The monoisotopic (exact) mass is 991 g/mol. The molecule has 1 aromatic rings. The second-order valence-electron chi connectivity index (χ2n) is 14.9. The molecule has 0 aliphatic rings. The molecule has 0 aliphatic carbocycles. The molecule has 0 saturated carbocycles. The first kappa shape index (κ1) is 64.8. The van der Waals surface area contributed by atoms with Gasteiger partial charge in [-0.15, -0.1) is 0 Å². The predicted octanol–water partition coefficient (Wildman–Crippen LogP) is 0.746. The summed E-state index contributed by atoms with van der Waals surface area (Å²) in [6, 6.07) is 4.40. The van der Waals surface area contributed by atoms with Crippen LogP contribution in [-0.4, -0.2) is 157 Å². The summed E-state index contributed by atoms with van der Waals surface area (Å²) in [5, 5.41) is 17.8. The molecule has 24 heteroatoms. The van der Waals surface area contributed by atoms with Gasteiger partial charge in [0.25, 0.3) is 10.1 Å². The van der Waals surface area contributed by atoms with Crippen LogP contribution in [0.2, 0.25) is 0 Å². The van der Waals surface area contributed by atoms with Crippen LogP contribution < -0.4 is 43.0 Å². The van der Waals surface area contributed by atoms with Gasteiger partial charge in [0.05, 0.1) is 65.2 Å². The Morgan fingerprint density at radius 1 is 0.632 bits per heavy atom. The lowest BCUT2D eigenvalue weighted by molar-refractivity contribution is -0.134. The lowest BCUT2D eigenvalue weighted by atomic mass is 10.0. The quantitative estimate of drug-likeness (QED) is 0.0335. The first-order valence-electron chi connectivity index (χ1n) is 22.9. The van der Waals surface area contributed by atoms with Crippen molar-refractivity contribution in [2.75, 3.05) is 90.1 Å². The van der Waals surface area contributed by atoms with Gasteiger partial charge >= 0.3 is 6.03 Å². The minimum absolute atomic E-state index is 0.0213. The molecule has 10 N–H and O–H groups in total. The van der Waals surface area contributed by atoms with Crippen molar-refractivity contribution in [3.63, 3.8) is 0 Å². The van der Waals surface area contributed by atoms with Gasteiger partial charge in [0.2, 0.25) is 35.4 Å². The number of Topliss-reactive ketones (excluding diaryl/α,β-unsaturated/α-hetero) is 1. The average Bonchev–Trinajstić information content (AvgIpc) is 3.29. The zero-order chi connectivity index (χ0) is 51.8. The van der Waals surface area contributed by atoms with Gasteiger partial charge in [0.15, 0.2) is 0 Å². The lowest BCUT2D eigenvalue weighted by Crippen LogP contribution is -2.56. The van der Waals surface area contributed by atoms with E-state index in [9.17, 15) is 46.8 Å². The number of ether oxygens (including phenoxy) is 4. The maximum Gasteiger partial charge on any atom is 0.312 e. The van der Waals surface area contributed by atoms with Gasteiger partial charge in [0, 0.05) is 51.0 Å². The van der Waals surface area contributed by atoms with E-state index in [0.29, 0.717) is 45.2 Å². The van der Waals surface area contributed by atoms with Crippen molar-refractivity contribution in [3.05, 3.63) is 29.8 Å². The molecule has 2 unspecified atom stereocenters. The van der Waals surface area contributed by atoms with Crippen molar-refractivity contribution < 1.29 is 70.3 Å². The molecule has 0 aliphatic heterocycles. The molecule has 8 amide bonds. The third-order valence-corrected chi connectivity index (χ3v) is 9.44. The second-order valence-corrected chi connectivity index (χ2v) is 16.5. The van der Waals surface area contributed by atoms with Crippen LogP contribution >= 0.6 is 0 Å². The smallest absolute Gasteiger partial charge is 0.312 e. The van der Waals surface area contributed by atoms with Crippen molar-refractivity contribution in [3.8, 4) is 0 Å². The van der Waals surface area contributed by atoms with Crippen molar-refractivity contribution in [1.82, 2.24) is 31.9 Å².